The molecule has 0 spiro atoms. The van der Waals surface area contributed by atoms with Crippen molar-refractivity contribution in [1.82, 2.24) is 4.98 Å². The molecule has 4 heteroatoms. The average molecular weight is 402 g/mol. The minimum absolute atomic E-state index is 0.243. The number of aromatic nitrogens is 1. The predicted octanol–water partition coefficient (Wildman–Crippen LogP) is 7.98. The smallest absolute Gasteiger partial charge is 0.147 e. The molecule has 0 atom stereocenters. The lowest BCUT2D eigenvalue weighted by Crippen LogP contribution is -1.90. The number of pyridine rings is 1. The second-order valence-electron chi connectivity index (χ2n) is 6.70. The van der Waals surface area contributed by atoms with Gasteiger partial charge < -0.3 is 0 Å². The number of nitrogens with zero attached hydrogens (tertiary/aromatic N) is 1. The number of hydrogen-bond donors (Lipinski definition) is 0. The van der Waals surface area contributed by atoms with Crippen molar-refractivity contribution < 1.29 is 4.39 Å². The van der Waals surface area contributed by atoms with E-state index in [1.165, 1.54) is 37.3 Å². The van der Waals surface area contributed by atoms with Crippen LogP contribution in [0, 0.1) is 5.82 Å². The molecule has 27 heavy (non-hydrogen) atoms. The quantitative estimate of drug-likeness (QED) is 0.288. The molecule has 0 aliphatic rings. The van der Waals surface area contributed by atoms with Crippen LogP contribution in [0.15, 0.2) is 54.7 Å². The topological polar surface area (TPSA) is 12.9 Å². The number of benzene rings is 2. The molecule has 3 aromatic rings. The van der Waals surface area contributed by atoms with E-state index < -0.39 is 0 Å². The molecule has 140 valence electrons. The maximum Gasteiger partial charge on any atom is 0.147 e. The maximum atomic E-state index is 14.7. The van der Waals surface area contributed by atoms with Crippen molar-refractivity contribution in [2.75, 3.05) is 0 Å². The molecule has 0 fully saturated rings. The highest BCUT2D eigenvalue weighted by atomic mass is 35.5. The van der Waals surface area contributed by atoms with E-state index in [0.29, 0.717) is 10.6 Å². The summed E-state index contributed by atoms with van der Waals surface area (Å²) in [5.74, 6) is -0.269. The summed E-state index contributed by atoms with van der Waals surface area (Å²) in [7, 11) is 0. The van der Waals surface area contributed by atoms with Gasteiger partial charge in [-0.1, -0.05) is 85.8 Å². The van der Waals surface area contributed by atoms with E-state index in [9.17, 15) is 4.39 Å². The van der Waals surface area contributed by atoms with Gasteiger partial charge in [0.15, 0.2) is 0 Å². The van der Waals surface area contributed by atoms with E-state index in [-0.39, 0.29) is 11.0 Å². The molecule has 1 nitrogen and oxygen atoms in total. The van der Waals surface area contributed by atoms with Crippen LogP contribution in [0.5, 0.6) is 0 Å². The van der Waals surface area contributed by atoms with Crippen LogP contribution in [-0.4, -0.2) is 4.98 Å². The summed E-state index contributed by atoms with van der Waals surface area (Å²) >= 11 is 11.9. The van der Waals surface area contributed by atoms with E-state index in [1.54, 1.807) is 18.3 Å². The normalized spacial score (nSPS) is 11.0. The highest BCUT2D eigenvalue weighted by Crippen LogP contribution is 2.30. The number of rotatable bonds is 7. The van der Waals surface area contributed by atoms with Crippen LogP contribution in [0.25, 0.3) is 22.3 Å². The molecule has 0 amide bonds. The molecular weight excluding hydrogens is 380 g/mol. The van der Waals surface area contributed by atoms with E-state index in [4.69, 9.17) is 23.2 Å². The third-order valence-corrected chi connectivity index (χ3v) is 5.37. The zero-order valence-corrected chi connectivity index (χ0v) is 16.8. The van der Waals surface area contributed by atoms with Crippen LogP contribution < -0.4 is 0 Å². The van der Waals surface area contributed by atoms with E-state index in [2.05, 4.69) is 24.0 Å². The van der Waals surface area contributed by atoms with Crippen molar-refractivity contribution in [3.63, 3.8) is 0 Å². The molecule has 0 aliphatic carbocycles. The maximum absolute atomic E-state index is 14.7. The average Bonchev–Trinajstić information content (AvgIpc) is 2.68. The van der Waals surface area contributed by atoms with Crippen LogP contribution in [0.3, 0.4) is 0 Å². The number of halogens is 3. The minimum Gasteiger partial charge on any atom is -0.242 e. The first-order valence-electron chi connectivity index (χ1n) is 9.28. The lowest BCUT2D eigenvalue weighted by atomic mass is 9.98. The lowest BCUT2D eigenvalue weighted by molar-refractivity contribution is 0.632. The van der Waals surface area contributed by atoms with Gasteiger partial charge in [0.25, 0.3) is 0 Å². The zero-order valence-electron chi connectivity index (χ0n) is 15.3. The van der Waals surface area contributed by atoms with E-state index in [1.807, 2.05) is 18.2 Å². The molecule has 0 saturated carbocycles. The Morgan fingerprint density at radius 1 is 0.852 bits per heavy atom. The van der Waals surface area contributed by atoms with Crippen LogP contribution in [-0.2, 0) is 6.42 Å². The van der Waals surface area contributed by atoms with Gasteiger partial charge in [-0.15, -0.1) is 0 Å². The fraction of sp³-hybridized carbons (Fsp3) is 0.261. The molecular formula is C23H22Cl2FN. The molecule has 0 N–H and O–H groups in total. The third kappa shape index (κ3) is 5.09. The summed E-state index contributed by atoms with van der Waals surface area (Å²) in [6.45, 7) is 2.21. The van der Waals surface area contributed by atoms with Gasteiger partial charge in [-0.25, -0.2) is 9.37 Å². The van der Waals surface area contributed by atoms with Crippen LogP contribution in [0.4, 0.5) is 4.39 Å². The summed E-state index contributed by atoms with van der Waals surface area (Å²) in [4.78, 5) is 4.02. The Labute approximate surface area is 170 Å². The van der Waals surface area contributed by atoms with Crippen molar-refractivity contribution in [3.8, 4) is 22.3 Å². The van der Waals surface area contributed by atoms with Crippen molar-refractivity contribution >= 4 is 23.2 Å². The van der Waals surface area contributed by atoms with Gasteiger partial charge in [-0.3, -0.25) is 0 Å². The molecule has 0 unspecified atom stereocenters. The summed E-state index contributed by atoms with van der Waals surface area (Å²) in [6.07, 6.45) is 7.66. The summed E-state index contributed by atoms with van der Waals surface area (Å²) in [5, 5.41) is 0.598. The SMILES string of the molecule is CCCCCCc1ccc(-c2ccc(-c3cnc(Cl)c(Cl)c3)cc2F)cc1. The molecule has 2 aromatic carbocycles. The van der Waals surface area contributed by atoms with Crippen LogP contribution in [0.2, 0.25) is 10.2 Å². The third-order valence-electron chi connectivity index (χ3n) is 4.68. The Bertz CT molecular complexity index is 907. The first kappa shape index (κ1) is 19.9. The molecule has 1 heterocycles. The first-order valence-corrected chi connectivity index (χ1v) is 10.0. The van der Waals surface area contributed by atoms with Crippen molar-refractivity contribution in [2.45, 2.75) is 39.0 Å². The Morgan fingerprint density at radius 3 is 2.26 bits per heavy atom. The minimum atomic E-state index is -0.269. The summed E-state index contributed by atoms with van der Waals surface area (Å²) in [5.41, 5.74) is 4.22. The van der Waals surface area contributed by atoms with Gasteiger partial charge in [0.2, 0.25) is 0 Å². The van der Waals surface area contributed by atoms with Crippen LogP contribution >= 0.6 is 23.2 Å². The molecule has 0 bridgehead atoms. The Kier molecular flexibility index (Phi) is 6.87. The number of unbranched alkanes of at least 4 members (excludes halogenated alkanes) is 3. The summed E-state index contributed by atoms with van der Waals surface area (Å²) in [6, 6.07) is 15.0. The fourth-order valence-electron chi connectivity index (χ4n) is 3.11. The van der Waals surface area contributed by atoms with E-state index >= 15 is 0 Å². The van der Waals surface area contributed by atoms with Gasteiger partial charge in [0, 0.05) is 17.3 Å². The highest BCUT2D eigenvalue weighted by molar-refractivity contribution is 6.41. The second-order valence-corrected chi connectivity index (χ2v) is 7.46. The Morgan fingerprint density at radius 2 is 1.59 bits per heavy atom. The second kappa shape index (κ2) is 9.34. The Balaban J connectivity index is 1.76. The highest BCUT2D eigenvalue weighted by Gasteiger charge is 2.09. The lowest BCUT2D eigenvalue weighted by Gasteiger charge is -2.09. The number of hydrogen-bond acceptors (Lipinski definition) is 1. The predicted molar refractivity (Wildman–Crippen MR) is 113 cm³/mol. The summed E-state index contributed by atoms with van der Waals surface area (Å²) < 4.78 is 14.7. The Hall–Kier alpha value is -1.90. The van der Waals surface area contributed by atoms with Gasteiger partial charge in [0.1, 0.15) is 11.0 Å². The van der Waals surface area contributed by atoms with Crippen molar-refractivity contribution in [1.29, 1.82) is 0 Å². The first-order chi connectivity index (χ1) is 13.1. The van der Waals surface area contributed by atoms with E-state index in [0.717, 1.165) is 23.1 Å². The van der Waals surface area contributed by atoms with Crippen molar-refractivity contribution in [3.05, 3.63) is 76.3 Å². The van der Waals surface area contributed by atoms with Gasteiger partial charge >= 0.3 is 0 Å². The van der Waals surface area contributed by atoms with Gasteiger partial charge in [0.05, 0.1) is 5.02 Å². The van der Waals surface area contributed by atoms with Crippen molar-refractivity contribution in [2.24, 2.45) is 0 Å². The molecule has 0 radical (unpaired) electrons. The molecule has 0 aliphatic heterocycles. The largest absolute Gasteiger partial charge is 0.242 e. The molecule has 1 aromatic heterocycles. The number of aryl methyl sites for hydroxylation is 1. The fourth-order valence-corrected chi connectivity index (χ4v) is 3.38. The standard InChI is InChI=1S/C23H22Cl2FN/c1-2-3-4-5-6-16-7-9-17(10-8-16)20-12-11-18(14-22(20)26)19-13-21(24)23(25)27-15-19/h7-15H,2-6H2,1H3. The zero-order chi connectivity index (χ0) is 19.2. The monoisotopic (exact) mass is 401 g/mol. The van der Waals surface area contributed by atoms with Gasteiger partial charge in [-0.05, 0) is 41.7 Å². The van der Waals surface area contributed by atoms with Gasteiger partial charge in [-0.2, -0.15) is 0 Å². The molecule has 3 rings (SSSR count). The van der Waals surface area contributed by atoms with Crippen LogP contribution in [0.1, 0.15) is 38.2 Å². The molecule has 0 saturated heterocycles.